The minimum absolute atomic E-state index is 0.0176. The first-order valence-corrected chi connectivity index (χ1v) is 10.3. The number of pyridine rings is 1. The number of carbonyl (C=O) groups is 1. The van der Waals surface area contributed by atoms with Gasteiger partial charge in [0.15, 0.2) is 22.5 Å². The highest BCUT2D eigenvalue weighted by molar-refractivity contribution is 7.99. The molecular weight excluding hydrogens is 451 g/mol. The fourth-order valence-electron chi connectivity index (χ4n) is 2.94. The molecule has 1 aromatic carbocycles. The van der Waals surface area contributed by atoms with Gasteiger partial charge in [0.25, 0.3) is 0 Å². The van der Waals surface area contributed by atoms with E-state index >= 15 is 0 Å². The van der Waals surface area contributed by atoms with E-state index in [9.17, 15) is 18.0 Å². The molecule has 0 bridgehead atoms. The summed E-state index contributed by atoms with van der Waals surface area (Å²) in [6, 6.07) is 4.88. The van der Waals surface area contributed by atoms with Crippen LogP contribution < -0.4 is 19.5 Å². The number of carbonyl (C=O) groups excluding carboxylic acids is 1. The minimum atomic E-state index is -4.77. The van der Waals surface area contributed by atoms with Gasteiger partial charge in [0, 0.05) is 18.4 Å². The number of nitrogens with zero attached hydrogens (tertiary/aromatic N) is 4. The van der Waals surface area contributed by atoms with Crippen LogP contribution in [0.15, 0.2) is 41.8 Å². The number of anilines is 1. The molecule has 13 heteroatoms. The zero-order valence-corrected chi connectivity index (χ0v) is 17.4. The first-order chi connectivity index (χ1) is 15.3. The van der Waals surface area contributed by atoms with Crippen molar-refractivity contribution >= 4 is 23.4 Å². The van der Waals surface area contributed by atoms with E-state index in [0.29, 0.717) is 40.3 Å². The second-order valence-electron chi connectivity index (χ2n) is 6.38. The number of hydrogen-bond acceptors (Lipinski definition) is 8. The van der Waals surface area contributed by atoms with E-state index in [1.54, 1.807) is 12.4 Å². The maximum absolute atomic E-state index is 12.3. The lowest BCUT2D eigenvalue weighted by atomic mass is 10.2. The summed E-state index contributed by atoms with van der Waals surface area (Å²) >= 11 is 1.17. The summed E-state index contributed by atoms with van der Waals surface area (Å²) in [5.41, 5.74) is 0.970. The third-order valence-electron chi connectivity index (χ3n) is 4.26. The number of alkyl halides is 3. The van der Waals surface area contributed by atoms with Gasteiger partial charge in [0.2, 0.25) is 12.7 Å². The molecule has 0 spiro atoms. The fraction of sp³-hybridized carbons (Fsp3) is 0.263. The molecular formula is C19H16F3N5O4S. The minimum Gasteiger partial charge on any atom is -0.453 e. The smallest absolute Gasteiger partial charge is 0.453 e. The first-order valence-electron chi connectivity index (χ1n) is 9.29. The Morgan fingerprint density at radius 2 is 2.00 bits per heavy atom. The number of aromatic nitrogens is 4. The van der Waals surface area contributed by atoms with Crippen LogP contribution in [0.3, 0.4) is 0 Å². The van der Waals surface area contributed by atoms with Crippen molar-refractivity contribution < 1.29 is 32.2 Å². The number of halogens is 3. The lowest BCUT2D eigenvalue weighted by Gasteiger charge is -2.10. The quantitative estimate of drug-likeness (QED) is 0.525. The Hall–Kier alpha value is -3.48. The van der Waals surface area contributed by atoms with Crippen LogP contribution in [0.1, 0.15) is 6.92 Å². The van der Waals surface area contributed by atoms with Crippen molar-refractivity contribution in [2.75, 3.05) is 17.9 Å². The number of nitrogens with one attached hydrogen (secondary N) is 1. The second-order valence-corrected chi connectivity index (χ2v) is 7.32. The van der Waals surface area contributed by atoms with Crippen LogP contribution in [0.4, 0.5) is 18.9 Å². The summed E-state index contributed by atoms with van der Waals surface area (Å²) in [5.74, 6) is 0.882. The number of fused-ring (bicyclic) bond motifs is 1. The van der Waals surface area contributed by atoms with Crippen LogP contribution in [-0.2, 0) is 11.3 Å². The Morgan fingerprint density at radius 3 is 2.72 bits per heavy atom. The normalized spacial score (nSPS) is 12.6. The molecule has 0 atom stereocenters. The zero-order chi connectivity index (χ0) is 22.7. The highest BCUT2D eigenvalue weighted by Crippen LogP contribution is 2.40. The van der Waals surface area contributed by atoms with Gasteiger partial charge in [0.1, 0.15) is 5.75 Å². The second kappa shape index (κ2) is 8.94. The molecule has 1 aliphatic heterocycles. The first kappa shape index (κ1) is 21.7. The van der Waals surface area contributed by atoms with Crippen LogP contribution >= 0.6 is 11.8 Å². The van der Waals surface area contributed by atoms with Crippen LogP contribution in [0, 0.1) is 0 Å². The van der Waals surface area contributed by atoms with Gasteiger partial charge in [-0.3, -0.25) is 9.78 Å². The summed E-state index contributed by atoms with van der Waals surface area (Å²) in [5, 5.41) is 11.5. The third kappa shape index (κ3) is 4.88. The van der Waals surface area contributed by atoms with Gasteiger partial charge < -0.3 is 24.1 Å². The summed E-state index contributed by atoms with van der Waals surface area (Å²) in [6.07, 6.45) is -1.61. The summed E-state index contributed by atoms with van der Waals surface area (Å²) < 4.78 is 53.2. The van der Waals surface area contributed by atoms with Crippen molar-refractivity contribution in [3.8, 4) is 28.6 Å². The molecule has 0 unspecified atom stereocenters. The highest BCUT2D eigenvalue weighted by Gasteiger charge is 2.31. The largest absolute Gasteiger partial charge is 0.573 e. The number of amides is 1. The Bertz CT molecular complexity index is 1120. The van der Waals surface area contributed by atoms with E-state index in [0.717, 1.165) is 12.1 Å². The van der Waals surface area contributed by atoms with Crippen LogP contribution in [0.25, 0.3) is 11.4 Å². The van der Waals surface area contributed by atoms with E-state index in [2.05, 4.69) is 25.2 Å². The Balaban J connectivity index is 1.40. The lowest BCUT2D eigenvalue weighted by molar-refractivity contribution is -0.274. The predicted molar refractivity (Wildman–Crippen MR) is 108 cm³/mol. The van der Waals surface area contributed by atoms with Crippen molar-refractivity contribution in [3.63, 3.8) is 0 Å². The van der Waals surface area contributed by atoms with Gasteiger partial charge in [-0.25, -0.2) is 0 Å². The van der Waals surface area contributed by atoms with Crippen molar-refractivity contribution in [1.29, 1.82) is 0 Å². The molecule has 1 amide bonds. The summed E-state index contributed by atoms with van der Waals surface area (Å²) in [7, 11) is 0. The van der Waals surface area contributed by atoms with Gasteiger partial charge in [-0.1, -0.05) is 11.8 Å². The number of ether oxygens (including phenoxy) is 3. The van der Waals surface area contributed by atoms with Gasteiger partial charge in [-0.15, -0.1) is 23.4 Å². The molecule has 4 rings (SSSR count). The molecule has 1 aliphatic rings. The van der Waals surface area contributed by atoms with Crippen LogP contribution in [-0.4, -0.2) is 44.6 Å². The van der Waals surface area contributed by atoms with E-state index < -0.39 is 6.36 Å². The number of rotatable bonds is 7. The van der Waals surface area contributed by atoms with Gasteiger partial charge in [0.05, 0.1) is 17.5 Å². The number of hydrogen-bond donors (Lipinski definition) is 1. The van der Waals surface area contributed by atoms with Crippen molar-refractivity contribution in [1.82, 2.24) is 19.7 Å². The molecule has 3 heterocycles. The molecule has 0 fully saturated rings. The SMILES string of the molecule is CCn1c(SCC(=O)Nc2ccc(OC(F)(F)F)cc2)nnc1-c1cncc2c1OCO2. The van der Waals surface area contributed by atoms with E-state index in [4.69, 9.17) is 9.47 Å². The van der Waals surface area contributed by atoms with Gasteiger partial charge in [-0.05, 0) is 31.2 Å². The molecule has 3 aromatic rings. The van der Waals surface area contributed by atoms with Gasteiger partial charge in [-0.2, -0.15) is 0 Å². The van der Waals surface area contributed by atoms with Crippen LogP contribution in [0.2, 0.25) is 0 Å². The maximum atomic E-state index is 12.3. The molecule has 2 aromatic heterocycles. The summed E-state index contributed by atoms with van der Waals surface area (Å²) in [6.45, 7) is 2.55. The molecule has 0 radical (unpaired) electrons. The monoisotopic (exact) mass is 467 g/mol. The molecule has 0 aliphatic carbocycles. The fourth-order valence-corrected chi connectivity index (χ4v) is 3.74. The van der Waals surface area contributed by atoms with Crippen molar-refractivity contribution in [2.45, 2.75) is 25.0 Å². The van der Waals surface area contributed by atoms with E-state index in [1.165, 1.54) is 23.9 Å². The number of thioether (sulfide) groups is 1. The summed E-state index contributed by atoms with van der Waals surface area (Å²) in [4.78, 5) is 16.4. The molecule has 9 nitrogen and oxygen atoms in total. The molecule has 1 N–H and O–H groups in total. The predicted octanol–water partition coefficient (Wildman–Crippen LogP) is 3.72. The van der Waals surface area contributed by atoms with Crippen LogP contribution in [0.5, 0.6) is 17.2 Å². The molecule has 0 saturated carbocycles. The van der Waals surface area contributed by atoms with E-state index in [1.807, 2.05) is 11.5 Å². The maximum Gasteiger partial charge on any atom is 0.573 e. The van der Waals surface area contributed by atoms with Gasteiger partial charge >= 0.3 is 6.36 Å². The number of benzene rings is 1. The Kier molecular flexibility index (Phi) is 6.08. The third-order valence-corrected chi connectivity index (χ3v) is 5.23. The molecule has 168 valence electrons. The molecule has 32 heavy (non-hydrogen) atoms. The topological polar surface area (TPSA) is 100 Å². The average molecular weight is 467 g/mol. The average Bonchev–Trinajstić information content (AvgIpc) is 3.39. The highest BCUT2D eigenvalue weighted by atomic mass is 32.2. The lowest BCUT2D eigenvalue weighted by Crippen LogP contribution is -2.17. The van der Waals surface area contributed by atoms with E-state index in [-0.39, 0.29) is 24.2 Å². The standard InChI is InChI=1S/C19H16F3N5O4S/c1-2-27-17(13-7-23-8-14-16(13)30-10-29-14)25-26-18(27)32-9-15(28)24-11-3-5-12(6-4-11)31-19(20,21)22/h3-8H,2,9-10H2,1H3,(H,24,28). The zero-order valence-electron chi connectivity index (χ0n) is 16.5. The van der Waals surface area contributed by atoms with Crippen molar-refractivity contribution in [3.05, 3.63) is 36.7 Å². The van der Waals surface area contributed by atoms with Crippen molar-refractivity contribution in [2.24, 2.45) is 0 Å². The Morgan fingerprint density at radius 1 is 1.22 bits per heavy atom. The molecule has 0 saturated heterocycles. The Labute approximate surface area is 183 Å².